The van der Waals surface area contributed by atoms with Crippen molar-refractivity contribution in [2.24, 2.45) is 0 Å². The molecule has 14 nitrogen and oxygen atoms in total. The molecule has 0 saturated heterocycles. The van der Waals surface area contributed by atoms with Crippen molar-refractivity contribution in [2.45, 2.75) is 142 Å². The van der Waals surface area contributed by atoms with Gasteiger partial charge in [-0.05, 0) is 127 Å². The number of carbonyl (C=O) groups excluding carboxylic acids is 6. The Labute approximate surface area is 388 Å². The minimum atomic E-state index is -1.23. The van der Waals surface area contributed by atoms with Gasteiger partial charge in [0.2, 0.25) is 5.91 Å². The van der Waals surface area contributed by atoms with Crippen molar-refractivity contribution in [3.63, 3.8) is 0 Å². The van der Waals surface area contributed by atoms with Crippen LogP contribution in [0.2, 0.25) is 0 Å². The van der Waals surface area contributed by atoms with Gasteiger partial charge in [-0.15, -0.1) is 0 Å². The molecule has 0 aromatic heterocycles. The number of alkyl carbamates (subject to hydrolysis) is 1. The van der Waals surface area contributed by atoms with Gasteiger partial charge < -0.3 is 40.2 Å². The number of esters is 3. The molecular weight excluding hydrogens is 841 g/mol. The van der Waals surface area contributed by atoms with Crippen LogP contribution in [0, 0.1) is 0 Å². The van der Waals surface area contributed by atoms with Crippen molar-refractivity contribution >= 4 is 46.7 Å². The lowest BCUT2D eigenvalue weighted by Gasteiger charge is -2.27. The van der Waals surface area contributed by atoms with Gasteiger partial charge in [0.05, 0.1) is 0 Å². The molecule has 14 heteroatoms. The molecule has 5 rings (SSSR count). The Kier molecular flexibility index (Phi) is 17.0. The van der Waals surface area contributed by atoms with E-state index in [0.29, 0.717) is 12.8 Å². The van der Waals surface area contributed by atoms with Gasteiger partial charge in [0, 0.05) is 25.3 Å². The maximum absolute atomic E-state index is 13.9. The first-order valence-corrected chi connectivity index (χ1v) is 22.7. The molecule has 1 aliphatic rings. The summed E-state index contributed by atoms with van der Waals surface area (Å²) in [5.41, 5.74) is 2.71. The fourth-order valence-corrected chi connectivity index (χ4v) is 7.66. The smallest absolute Gasteiger partial charge is 0.407 e. The number of nitrogens with one attached hydrogen (secondary N) is 4. The van der Waals surface area contributed by atoms with Crippen molar-refractivity contribution < 1.29 is 47.7 Å². The maximum atomic E-state index is 13.9. The zero-order chi connectivity index (χ0) is 48.2. The highest BCUT2D eigenvalue weighted by Gasteiger charge is 2.33. The first-order valence-electron chi connectivity index (χ1n) is 22.7. The highest BCUT2D eigenvalue weighted by molar-refractivity contribution is 5.89. The second-order valence-corrected chi connectivity index (χ2v) is 19.6. The third-order valence-electron chi connectivity index (χ3n) is 10.5. The minimum Gasteiger partial charge on any atom is -0.460 e. The summed E-state index contributed by atoms with van der Waals surface area (Å²) in [6, 6.07) is 25.7. The van der Waals surface area contributed by atoms with Gasteiger partial charge in [-0.1, -0.05) is 91.0 Å². The van der Waals surface area contributed by atoms with E-state index >= 15 is 0 Å². The van der Waals surface area contributed by atoms with E-state index in [-0.39, 0.29) is 44.8 Å². The van der Waals surface area contributed by atoms with Crippen LogP contribution in [-0.4, -0.2) is 84.0 Å². The Bertz CT molecular complexity index is 2310. The van der Waals surface area contributed by atoms with Gasteiger partial charge in [-0.3, -0.25) is 9.59 Å². The maximum Gasteiger partial charge on any atom is 0.407 e. The fraction of sp³-hybridized carbons (Fsp3) is 0.462. The van der Waals surface area contributed by atoms with Crippen molar-refractivity contribution in [3.05, 3.63) is 108 Å². The van der Waals surface area contributed by atoms with Crippen molar-refractivity contribution in [3.8, 4) is 11.1 Å². The lowest BCUT2D eigenvalue weighted by Crippen LogP contribution is -2.53. The van der Waals surface area contributed by atoms with Crippen molar-refractivity contribution in [1.29, 1.82) is 0 Å². The molecule has 354 valence electrons. The van der Waals surface area contributed by atoms with Crippen LogP contribution < -0.4 is 21.3 Å². The second kappa shape index (κ2) is 22.2. The molecule has 0 fully saturated rings. The first-order chi connectivity index (χ1) is 31.0. The molecule has 4 aromatic rings. The lowest BCUT2D eigenvalue weighted by molar-refractivity contribution is -0.159. The molecule has 4 N–H and O–H groups in total. The summed E-state index contributed by atoms with van der Waals surface area (Å²) in [5, 5.41) is 13.0. The van der Waals surface area contributed by atoms with Gasteiger partial charge >= 0.3 is 30.0 Å². The summed E-state index contributed by atoms with van der Waals surface area (Å²) >= 11 is 0. The van der Waals surface area contributed by atoms with Crippen LogP contribution in [0.4, 0.5) is 9.59 Å². The number of ether oxygens (including phenoxy) is 4. The Morgan fingerprint density at radius 3 is 1.68 bits per heavy atom. The predicted molar refractivity (Wildman–Crippen MR) is 253 cm³/mol. The van der Waals surface area contributed by atoms with Gasteiger partial charge in [0.1, 0.15) is 41.5 Å². The van der Waals surface area contributed by atoms with E-state index in [9.17, 15) is 28.8 Å². The van der Waals surface area contributed by atoms with E-state index in [0.717, 1.165) is 38.6 Å². The van der Waals surface area contributed by atoms with Gasteiger partial charge in [-0.25, -0.2) is 19.2 Å². The summed E-state index contributed by atoms with van der Waals surface area (Å²) < 4.78 is 22.3. The zero-order valence-corrected chi connectivity index (χ0v) is 39.7. The summed E-state index contributed by atoms with van der Waals surface area (Å²) in [6.45, 7) is 15.6. The topological polar surface area (TPSA) is 187 Å². The molecule has 0 unspecified atom stereocenters. The summed E-state index contributed by atoms with van der Waals surface area (Å²) in [5.74, 6) is -2.57. The van der Waals surface area contributed by atoms with Crippen molar-refractivity contribution in [2.75, 3.05) is 13.2 Å². The number of benzene rings is 4. The molecule has 4 amide bonds. The summed E-state index contributed by atoms with van der Waals surface area (Å²) in [7, 11) is 0. The van der Waals surface area contributed by atoms with Gasteiger partial charge in [0.25, 0.3) is 0 Å². The number of hydrogen-bond donors (Lipinski definition) is 4. The molecule has 0 heterocycles. The van der Waals surface area contributed by atoms with Crippen LogP contribution in [0.5, 0.6) is 0 Å². The van der Waals surface area contributed by atoms with E-state index in [1.54, 1.807) is 62.3 Å². The Morgan fingerprint density at radius 2 is 1.11 bits per heavy atom. The summed E-state index contributed by atoms with van der Waals surface area (Å²) in [4.78, 5) is 79.8. The molecule has 0 aliphatic heterocycles. The molecule has 66 heavy (non-hydrogen) atoms. The third-order valence-corrected chi connectivity index (χ3v) is 10.5. The molecule has 0 radical (unpaired) electrons. The van der Waals surface area contributed by atoms with Crippen LogP contribution >= 0.6 is 0 Å². The lowest BCUT2D eigenvalue weighted by atomic mass is 9.98. The predicted octanol–water partition coefficient (Wildman–Crippen LogP) is 8.42. The Balaban J connectivity index is 1.21. The third kappa shape index (κ3) is 15.6. The largest absolute Gasteiger partial charge is 0.460 e. The summed E-state index contributed by atoms with van der Waals surface area (Å²) in [6.07, 6.45) is 0.0979. The van der Waals surface area contributed by atoms with E-state index < -0.39 is 70.9 Å². The fourth-order valence-electron chi connectivity index (χ4n) is 7.66. The molecule has 4 aromatic carbocycles. The Hall–Kier alpha value is -6.44. The van der Waals surface area contributed by atoms with E-state index in [4.69, 9.17) is 18.9 Å². The number of hydrogen-bond acceptors (Lipinski definition) is 10. The molecule has 0 spiro atoms. The minimum absolute atomic E-state index is 0.0861. The molecule has 0 saturated carbocycles. The zero-order valence-electron chi connectivity index (χ0n) is 39.7. The molecule has 0 bridgehead atoms. The van der Waals surface area contributed by atoms with Gasteiger partial charge in [-0.2, -0.15) is 0 Å². The number of carbonyl (C=O) groups is 6. The highest BCUT2D eigenvalue weighted by Crippen LogP contribution is 2.44. The van der Waals surface area contributed by atoms with E-state index in [2.05, 4.69) is 33.4 Å². The molecule has 3 atom stereocenters. The SMILES string of the molecule is CC(C)(C)OC(=O)CC[C@@H](NC(=O)N[C@@H](CCCCNC(=O)[C@H](Cc1ccc2ccccc2c1)NC(=O)OCC1c2ccccc2-c2ccccc21)C(=O)OC(C)(C)C)C(=O)OC(C)(C)C. The van der Waals surface area contributed by atoms with Crippen LogP contribution in [0.25, 0.3) is 21.9 Å². The monoisotopic (exact) mass is 906 g/mol. The number of amides is 4. The molecular formula is C52H66N4O10. The standard InChI is InChI=1S/C52H66N4O10/c1-50(2,3)64-44(57)28-27-42(47(60)66-52(7,8)9)55-48(61)54-41(46(59)65-51(4,5)6)24-16-17-29-53-45(58)43(31-33-25-26-34-18-10-11-19-35(34)30-33)56-49(62)63-32-40-38-22-14-12-20-36(38)37-21-13-15-23-39(37)40/h10-15,18-23,25-26,30,40-43H,16-17,24,27-29,31-32H2,1-9H3,(H,53,58)(H,56,62)(H2,54,55,61)/t41-,42+,43-/m0/s1. The average molecular weight is 907 g/mol. The van der Waals surface area contributed by atoms with Crippen molar-refractivity contribution in [1.82, 2.24) is 21.3 Å². The second-order valence-electron chi connectivity index (χ2n) is 19.6. The number of urea groups is 1. The van der Waals surface area contributed by atoms with Crippen LogP contribution in [0.1, 0.15) is 117 Å². The Morgan fingerprint density at radius 1 is 0.576 bits per heavy atom. The first kappa shape index (κ1) is 50.6. The van der Waals surface area contributed by atoms with Crippen LogP contribution in [-0.2, 0) is 44.5 Å². The normalized spacial score (nSPS) is 13.8. The quantitative estimate of drug-likeness (QED) is 0.0429. The van der Waals surface area contributed by atoms with E-state index in [1.165, 1.54) is 0 Å². The van der Waals surface area contributed by atoms with Gasteiger partial charge in [0.15, 0.2) is 0 Å². The number of unbranched alkanes of at least 4 members (excludes halogenated alkanes) is 1. The number of fused-ring (bicyclic) bond motifs is 4. The van der Waals surface area contributed by atoms with Crippen LogP contribution in [0.3, 0.4) is 0 Å². The number of rotatable bonds is 18. The van der Waals surface area contributed by atoms with E-state index in [1.807, 2.05) is 78.9 Å². The average Bonchev–Trinajstić information content (AvgIpc) is 3.55. The van der Waals surface area contributed by atoms with Crippen LogP contribution in [0.15, 0.2) is 91.0 Å². The molecule has 1 aliphatic carbocycles. The highest BCUT2D eigenvalue weighted by atomic mass is 16.6.